The summed E-state index contributed by atoms with van der Waals surface area (Å²) >= 11 is 0. The Labute approximate surface area is 184 Å². The first-order valence-corrected chi connectivity index (χ1v) is 9.84. The fraction of sp³-hybridized carbons (Fsp3) is 0.174. The van der Waals surface area contributed by atoms with Crippen molar-refractivity contribution >= 4 is 5.97 Å². The lowest BCUT2D eigenvalue weighted by Crippen LogP contribution is -2.30. The van der Waals surface area contributed by atoms with E-state index in [9.17, 15) is 4.79 Å². The molecule has 4 rings (SSSR count). The van der Waals surface area contributed by atoms with Gasteiger partial charge >= 0.3 is 12.0 Å². The van der Waals surface area contributed by atoms with Crippen LogP contribution < -0.4 is 9.47 Å². The van der Waals surface area contributed by atoms with E-state index < -0.39 is 11.4 Å². The Morgan fingerprint density at radius 2 is 1.78 bits per heavy atom. The second-order valence-corrected chi connectivity index (χ2v) is 7.70. The summed E-state index contributed by atoms with van der Waals surface area (Å²) in [5, 5.41) is 16.1. The topological polar surface area (TPSA) is 123 Å². The number of carboxylic acid groups (broad SMARTS) is 1. The summed E-state index contributed by atoms with van der Waals surface area (Å²) in [6, 6.07) is 15.1. The summed E-state index contributed by atoms with van der Waals surface area (Å²) in [5.41, 5.74) is 1.73. The molecule has 0 saturated heterocycles. The molecular weight excluding hydrogens is 410 g/mol. The summed E-state index contributed by atoms with van der Waals surface area (Å²) in [7, 11) is 0. The van der Waals surface area contributed by atoms with Gasteiger partial charge < -0.3 is 14.6 Å². The van der Waals surface area contributed by atoms with Crippen LogP contribution in [-0.4, -0.2) is 42.8 Å². The van der Waals surface area contributed by atoms with Crippen molar-refractivity contribution in [3.05, 3.63) is 67.1 Å². The lowest BCUT2D eigenvalue weighted by atomic mass is 9.95. The number of aliphatic carboxylic acids is 1. The number of hydrogen-bond acceptors (Lipinski definition) is 7. The standard InChI is InChI=1S/C23H21N5O4/c1-23(2,21(29)30)14-31-19-10-9-17(12-25-19)15-5-7-16(8-6-15)20-26-22(28-27-20)32-18-4-3-11-24-13-18/h3-13H,14H2,1-2H3,(H,29,30)(H,26,27,28). The summed E-state index contributed by atoms with van der Waals surface area (Å²) in [6.07, 6.45) is 4.93. The molecule has 3 heterocycles. The molecule has 0 aliphatic heterocycles. The van der Waals surface area contributed by atoms with Crippen molar-refractivity contribution in [2.45, 2.75) is 13.8 Å². The molecule has 4 aromatic rings. The number of hydrogen-bond donors (Lipinski definition) is 2. The monoisotopic (exact) mass is 431 g/mol. The molecule has 0 aliphatic rings. The van der Waals surface area contributed by atoms with Gasteiger partial charge in [-0.25, -0.2) is 4.98 Å². The third-order valence-electron chi connectivity index (χ3n) is 4.70. The van der Waals surface area contributed by atoms with Gasteiger partial charge in [-0.2, -0.15) is 4.98 Å². The van der Waals surface area contributed by atoms with Gasteiger partial charge in [0, 0.05) is 29.6 Å². The highest BCUT2D eigenvalue weighted by molar-refractivity contribution is 5.73. The van der Waals surface area contributed by atoms with Crippen LogP contribution in [0, 0.1) is 5.41 Å². The minimum Gasteiger partial charge on any atom is -0.481 e. The van der Waals surface area contributed by atoms with Crippen molar-refractivity contribution in [2.75, 3.05) is 6.61 Å². The van der Waals surface area contributed by atoms with Crippen LogP contribution in [0.3, 0.4) is 0 Å². The van der Waals surface area contributed by atoms with Crippen molar-refractivity contribution < 1.29 is 19.4 Å². The Morgan fingerprint density at radius 3 is 2.44 bits per heavy atom. The maximum Gasteiger partial charge on any atom is 0.341 e. The second-order valence-electron chi connectivity index (χ2n) is 7.70. The van der Waals surface area contributed by atoms with Gasteiger partial charge in [0.05, 0.1) is 11.6 Å². The van der Waals surface area contributed by atoms with E-state index in [1.54, 1.807) is 50.6 Å². The Balaban J connectivity index is 1.41. The number of H-pyrrole nitrogens is 1. The van der Waals surface area contributed by atoms with Gasteiger partial charge in [-0.15, -0.1) is 5.10 Å². The first-order chi connectivity index (χ1) is 15.4. The van der Waals surface area contributed by atoms with Crippen LogP contribution >= 0.6 is 0 Å². The largest absolute Gasteiger partial charge is 0.481 e. The van der Waals surface area contributed by atoms with E-state index in [-0.39, 0.29) is 12.6 Å². The van der Waals surface area contributed by atoms with Crippen LogP contribution in [0.1, 0.15) is 13.8 Å². The molecule has 0 spiro atoms. The number of nitrogens with one attached hydrogen (secondary N) is 1. The molecule has 0 fully saturated rings. The molecule has 0 saturated carbocycles. The Bertz CT molecular complexity index is 1190. The van der Waals surface area contributed by atoms with Gasteiger partial charge in [-0.1, -0.05) is 24.3 Å². The van der Waals surface area contributed by atoms with Gasteiger partial charge in [0.15, 0.2) is 5.82 Å². The van der Waals surface area contributed by atoms with Crippen molar-refractivity contribution in [1.82, 2.24) is 25.1 Å². The highest BCUT2D eigenvalue weighted by Crippen LogP contribution is 2.26. The number of rotatable bonds is 8. The van der Waals surface area contributed by atoms with Crippen LogP contribution in [0.2, 0.25) is 0 Å². The van der Waals surface area contributed by atoms with Gasteiger partial charge in [0.2, 0.25) is 5.88 Å². The Hall–Kier alpha value is -4.27. The average molecular weight is 431 g/mol. The quantitative estimate of drug-likeness (QED) is 0.425. The minimum absolute atomic E-state index is 0.0348. The third-order valence-corrected chi connectivity index (χ3v) is 4.70. The molecule has 9 nitrogen and oxygen atoms in total. The molecule has 0 bridgehead atoms. The van der Waals surface area contributed by atoms with Gasteiger partial charge in [-0.3, -0.25) is 14.9 Å². The number of aromatic nitrogens is 5. The predicted octanol–water partition coefficient (Wildman–Crippen LogP) is 4.21. The van der Waals surface area contributed by atoms with Crippen LogP contribution in [0.25, 0.3) is 22.5 Å². The van der Waals surface area contributed by atoms with Gasteiger partial charge in [-0.05, 0) is 37.6 Å². The number of carboxylic acids is 1. The highest BCUT2D eigenvalue weighted by Gasteiger charge is 2.28. The molecule has 32 heavy (non-hydrogen) atoms. The van der Waals surface area contributed by atoms with Crippen molar-refractivity contribution in [3.8, 4) is 40.2 Å². The fourth-order valence-electron chi connectivity index (χ4n) is 2.71. The molecule has 9 heteroatoms. The van der Waals surface area contributed by atoms with E-state index in [0.29, 0.717) is 17.5 Å². The Kier molecular flexibility index (Phi) is 5.80. The maximum absolute atomic E-state index is 11.2. The van der Waals surface area contributed by atoms with E-state index in [2.05, 4.69) is 25.1 Å². The summed E-state index contributed by atoms with van der Waals surface area (Å²) in [4.78, 5) is 23.8. The zero-order valence-electron chi connectivity index (χ0n) is 17.5. The van der Waals surface area contributed by atoms with E-state index >= 15 is 0 Å². The molecule has 0 atom stereocenters. The highest BCUT2D eigenvalue weighted by atomic mass is 16.5. The van der Waals surface area contributed by atoms with Crippen molar-refractivity contribution in [2.24, 2.45) is 5.41 Å². The number of benzene rings is 1. The molecule has 162 valence electrons. The van der Waals surface area contributed by atoms with Gasteiger partial charge in [0.1, 0.15) is 12.4 Å². The number of pyridine rings is 2. The first kappa shape index (κ1) is 21.0. The van der Waals surface area contributed by atoms with Crippen LogP contribution in [0.15, 0.2) is 67.1 Å². The van der Waals surface area contributed by atoms with Crippen LogP contribution in [0.5, 0.6) is 17.6 Å². The van der Waals surface area contributed by atoms with Crippen molar-refractivity contribution in [3.63, 3.8) is 0 Å². The zero-order chi connectivity index (χ0) is 22.6. The zero-order valence-corrected chi connectivity index (χ0v) is 17.5. The van der Waals surface area contributed by atoms with Gasteiger partial charge in [0.25, 0.3) is 0 Å². The first-order valence-electron chi connectivity index (χ1n) is 9.84. The third kappa shape index (κ3) is 4.89. The predicted molar refractivity (Wildman–Crippen MR) is 116 cm³/mol. The van der Waals surface area contributed by atoms with Crippen LogP contribution in [0.4, 0.5) is 0 Å². The molecular formula is C23H21N5O4. The SMILES string of the molecule is CC(C)(COc1ccc(-c2ccc(-c3nc(Oc4cccnc4)n[nH]3)cc2)cn1)C(=O)O. The maximum atomic E-state index is 11.2. The lowest BCUT2D eigenvalue weighted by molar-refractivity contribution is -0.148. The normalized spacial score (nSPS) is 11.2. The fourth-order valence-corrected chi connectivity index (χ4v) is 2.71. The number of carbonyl (C=O) groups is 1. The molecule has 0 amide bonds. The second kappa shape index (κ2) is 8.84. The number of ether oxygens (including phenoxy) is 2. The average Bonchev–Trinajstić information content (AvgIpc) is 3.27. The molecule has 2 N–H and O–H groups in total. The smallest absolute Gasteiger partial charge is 0.341 e. The number of aromatic amines is 1. The molecule has 0 radical (unpaired) electrons. The Morgan fingerprint density at radius 1 is 1.03 bits per heavy atom. The lowest BCUT2D eigenvalue weighted by Gasteiger charge is -2.18. The van der Waals surface area contributed by atoms with E-state index in [0.717, 1.165) is 16.7 Å². The number of nitrogens with zero attached hydrogens (tertiary/aromatic N) is 4. The van der Waals surface area contributed by atoms with E-state index in [4.69, 9.17) is 14.6 Å². The molecule has 3 aromatic heterocycles. The molecule has 0 unspecified atom stereocenters. The summed E-state index contributed by atoms with van der Waals surface area (Å²) in [5.74, 6) is 0.595. The summed E-state index contributed by atoms with van der Waals surface area (Å²) < 4.78 is 11.1. The molecule has 1 aromatic carbocycles. The molecule has 0 aliphatic carbocycles. The van der Waals surface area contributed by atoms with E-state index in [1.807, 2.05) is 30.3 Å². The van der Waals surface area contributed by atoms with E-state index in [1.165, 1.54) is 0 Å². The van der Waals surface area contributed by atoms with Crippen molar-refractivity contribution in [1.29, 1.82) is 0 Å². The minimum atomic E-state index is -0.986. The summed E-state index contributed by atoms with van der Waals surface area (Å²) in [6.45, 7) is 3.24. The van der Waals surface area contributed by atoms with Crippen LogP contribution in [-0.2, 0) is 4.79 Å².